The maximum atomic E-state index is 10.8. The van der Waals surface area contributed by atoms with E-state index in [2.05, 4.69) is 4.98 Å². The molecule has 0 atom stereocenters. The van der Waals surface area contributed by atoms with Crippen LogP contribution in [-0.2, 0) is 11.2 Å². The van der Waals surface area contributed by atoms with Crippen molar-refractivity contribution in [2.75, 3.05) is 13.2 Å². The Balaban J connectivity index is 2.21. The van der Waals surface area contributed by atoms with Crippen molar-refractivity contribution in [3.63, 3.8) is 0 Å². The molecule has 5 heteroatoms. The Labute approximate surface area is 98.0 Å². The number of benzene rings is 1. The summed E-state index contributed by atoms with van der Waals surface area (Å²) in [5, 5.41) is 8.84. The average molecular weight is 235 g/mol. The van der Waals surface area contributed by atoms with Gasteiger partial charge < -0.3 is 14.3 Å². The number of carbonyl (C=O) groups is 1. The number of ether oxygens (including phenoxy) is 1. The zero-order valence-electron chi connectivity index (χ0n) is 9.47. The second-order valence-electron chi connectivity index (χ2n) is 3.54. The van der Waals surface area contributed by atoms with Crippen LogP contribution in [0.3, 0.4) is 0 Å². The fraction of sp³-hybridized carbons (Fsp3) is 0.333. The summed E-state index contributed by atoms with van der Waals surface area (Å²) in [6.07, 6.45) is 0.588. The molecule has 0 saturated heterocycles. The highest BCUT2D eigenvalue weighted by Gasteiger charge is 2.09. The van der Waals surface area contributed by atoms with Gasteiger partial charge in [-0.1, -0.05) is 0 Å². The van der Waals surface area contributed by atoms with Gasteiger partial charge in [0.15, 0.2) is 11.5 Å². The summed E-state index contributed by atoms with van der Waals surface area (Å²) >= 11 is 0. The van der Waals surface area contributed by atoms with Gasteiger partial charge >= 0.3 is 5.97 Å². The molecule has 1 N–H and O–H groups in total. The van der Waals surface area contributed by atoms with Crippen molar-refractivity contribution >= 4 is 17.1 Å². The van der Waals surface area contributed by atoms with Crippen LogP contribution < -0.4 is 0 Å². The number of carboxylic acids is 1. The van der Waals surface area contributed by atoms with Crippen LogP contribution in [0.1, 0.15) is 23.2 Å². The number of hydrogen-bond acceptors (Lipinski definition) is 4. The number of rotatable bonds is 5. The van der Waals surface area contributed by atoms with Gasteiger partial charge in [-0.2, -0.15) is 0 Å². The second-order valence-corrected chi connectivity index (χ2v) is 3.54. The maximum absolute atomic E-state index is 10.8. The Bertz CT molecular complexity index is 532. The van der Waals surface area contributed by atoms with Crippen LogP contribution in [-0.4, -0.2) is 29.3 Å². The van der Waals surface area contributed by atoms with Crippen LogP contribution in [0.25, 0.3) is 11.1 Å². The fourth-order valence-electron chi connectivity index (χ4n) is 1.52. The van der Waals surface area contributed by atoms with Gasteiger partial charge in [0.25, 0.3) is 0 Å². The van der Waals surface area contributed by atoms with Crippen LogP contribution in [0, 0.1) is 0 Å². The molecular formula is C12H13NO4. The zero-order chi connectivity index (χ0) is 12.3. The predicted molar refractivity (Wildman–Crippen MR) is 61.2 cm³/mol. The third-order valence-corrected chi connectivity index (χ3v) is 2.34. The highest BCUT2D eigenvalue weighted by Crippen LogP contribution is 2.17. The summed E-state index contributed by atoms with van der Waals surface area (Å²) in [5.41, 5.74) is 1.36. The van der Waals surface area contributed by atoms with Crippen molar-refractivity contribution in [3.05, 3.63) is 29.7 Å². The van der Waals surface area contributed by atoms with Crippen molar-refractivity contribution in [1.82, 2.24) is 4.98 Å². The van der Waals surface area contributed by atoms with E-state index in [1.54, 1.807) is 6.07 Å². The molecule has 0 bridgehead atoms. The van der Waals surface area contributed by atoms with Crippen LogP contribution in [0.2, 0.25) is 0 Å². The van der Waals surface area contributed by atoms with Gasteiger partial charge in [-0.05, 0) is 25.1 Å². The molecule has 1 aromatic heterocycles. The summed E-state index contributed by atoms with van der Waals surface area (Å²) in [6, 6.07) is 4.64. The number of nitrogens with zero attached hydrogens (tertiary/aromatic N) is 1. The number of hydrogen-bond donors (Lipinski definition) is 1. The van der Waals surface area contributed by atoms with Crippen LogP contribution in [0.5, 0.6) is 0 Å². The molecule has 0 aliphatic rings. The van der Waals surface area contributed by atoms with E-state index in [0.717, 1.165) is 0 Å². The fourth-order valence-corrected chi connectivity index (χ4v) is 1.52. The summed E-state index contributed by atoms with van der Waals surface area (Å²) in [4.78, 5) is 15.0. The molecular weight excluding hydrogens is 222 g/mol. The molecule has 2 rings (SSSR count). The van der Waals surface area contributed by atoms with Gasteiger partial charge in [0.2, 0.25) is 0 Å². The molecule has 1 heterocycles. The lowest BCUT2D eigenvalue weighted by Gasteiger charge is -1.95. The highest BCUT2D eigenvalue weighted by atomic mass is 16.5. The lowest BCUT2D eigenvalue weighted by molar-refractivity contribution is 0.0697. The standard InChI is InChI=1S/C12H13NO4/c1-2-16-6-5-11-13-9-4-3-8(12(14)15)7-10(9)17-11/h3-4,7H,2,5-6H2,1H3,(H,14,15). The number of aromatic carboxylic acids is 1. The van der Waals surface area contributed by atoms with E-state index in [1.807, 2.05) is 6.92 Å². The van der Waals surface area contributed by atoms with Gasteiger partial charge in [-0.25, -0.2) is 9.78 Å². The zero-order valence-corrected chi connectivity index (χ0v) is 9.47. The summed E-state index contributed by atoms with van der Waals surface area (Å²) in [6.45, 7) is 3.13. The quantitative estimate of drug-likeness (QED) is 0.803. The number of fused-ring (bicyclic) bond motifs is 1. The lowest BCUT2D eigenvalue weighted by atomic mass is 10.2. The Morgan fingerprint density at radius 3 is 3.06 bits per heavy atom. The first kappa shape index (κ1) is 11.6. The summed E-state index contributed by atoms with van der Waals surface area (Å²) in [7, 11) is 0. The van der Waals surface area contributed by atoms with E-state index in [0.29, 0.717) is 36.6 Å². The molecule has 0 radical (unpaired) electrons. The van der Waals surface area contributed by atoms with Gasteiger partial charge in [-0.3, -0.25) is 0 Å². The van der Waals surface area contributed by atoms with E-state index in [4.69, 9.17) is 14.3 Å². The van der Waals surface area contributed by atoms with Gasteiger partial charge in [0.1, 0.15) is 5.52 Å². The first-order valence-electron chi connectivity index (χ1n) is 5.41. The van der Waals surface area contributed by atoms with E-state index >= 15 is 0 Å². The van der Waals surface area contributed by atoms with Crippen molar-refractivity contribution < 1.29 is 19.1 Å². The van der Waals surface area contributed by atoms with Crippen molar-refractivity contribution in [1.29, 1.82) is 0 Å². The predicted octanol–water partition coefficient (Wildman–Crippen LogP) is 2.10. The molecule has 5 nitrogen and oxygen atoms in total. The molecule has 17 heavy (non-hydrogen) atoms. The molecule has 0 amide bonds. The van der Waals surface area contributed by atoms with Crippen LogP contribution >= 0.6 is 0 Å². The number of aromatic nitrogens is 1. The molecule has 0 fully saturated rings. The molecule has 90 valence electrons. The molecule has 2 aromatic rings. The number of oxazole rings is 1. The number of carboxylic acid groups (broad SMARTS) is 1. The minimum absolute atomic E-state index is 0.199. The minimum atomic E-state index is -0.973. The summed E-state index contributed by atoms with van der Waals surface area (Å²) in [5.74, 6) is -0.407. The van der Waals surface area contributed by atoms with Crippen molar-refractivity contribution in [2.45, 2.75) is 13.3 Å². The average Bonchev–Trinajstić information content (AvgIpc) is 2.70. The smallest absolute Gasteiger partial charge is 0.335 e. The van der Waals surface area contributed by atoms with Crippen LogP contribution in [0.4, 0.5) is 0 Å². The third kappa shape index (κ3) is 2.62. The summed E-state index contributed by atoms with van der Waals surface area (Å²) < 4.78 is 10.7. The molecule has 1 aromatic carbocycles. The molecule has 0 unspecified atom stereocenters. The lowest BCUT2D eigenvalue weighted by Crippen LogP contribution is -1.97. The molecule has 0 spiro atoms. The van der Waals surface area contributed by atoms with Crippen LogP contribution in [0.15, 0.2) is 22.6 Å². The molecule has 0 aliphatic heterocycles. The first-order chi connectivity index (χ1) is 8.20. The Kier molecular flexibility index (Phi) is 3.39. The topological polar surface area (TPSA) is 72.6 Å². The maximum Gasteiger partial charge on any atom is 0.335 e. The second kappa shape index (κ2) is 4.97. The van der Waals surface area contributed by atoms with Gasteiger partial charge in [0.05, 0.1) is 12.2 Å². The van der Waals surface area contributed by atoms with Crippen molar-refractivity contribution in [2.24, 2.45) is 0 Å². The Morgan fingerprint density at radius 1 is 1.53 bits per heavy atom. The van der Waals surface area contributed by atoms with E-state index in [-0.39, 0.29) is 5.56 Å². The largest absolute Gasteiger partial charge is 0.478 e. The Hall–Kier alpha value is -1.88. The monoisotopic (exact) mass is 235 g/mol. The Morgan fingerprint density at radius 2 is 2.35 bits per heavy atom. The first-order valence-corrected chi connectivity index (χ1v) is 5.41. The minimum Gasteiger partial charge on any atom is -0.478 e. The van der Waals surface area contributed by atoms with Gasteiger partial charge in [0, 0.05) is 13.0 Å². The van der Waals surface area contributed by atoms with E-state index in [1.165, 1.54) is 12.1 Å². The third-order valence-electron chi connectivity index (χ3n) is 2.34. The van der Waals surface area contributed by atoms with E-state index in [9.17, 15) is 4.79 Å². The highest BCUT2D eigenvalue weighted by molar-refractivity contribution is 5.91. The van der Waals surface area contributed by atoms with Gasteiger partial charge in [-0.15, -0.1) is 0 Å². The normalized spacial score (nSPS) is 10.9. The van der Waals surface area contributed by atoms with E-state index < -0.39 is 5.97 Å². The van der Waals surface area contributed by atoms with Crippen molar-refractivity contribution in [3.8, 4) is 0 Å². The molecule has 0 aliphatic carbocycles. The molecule has 0 saturated carbocycles. The SMILES string of the molecule is CCOCCc1nc2ccc(C(=O)O)cc2o1.